The number of esters is 1. The van der Waals surface area contributed by atoms with Crippen LogP contribution in [0.1, 0.15) is 48.6 Å². The number of carbonyl (C=O) groups is 1. The highest BCUT2D eigenvalue weighted by molar-refractivity contribution is 7.15. The first-order chi connectivity index (χ1) is 14.4. The van der Waals surface area contributed by atoms with Crippen LogP contribution in [0.15, 0.2) is 36.4 Å². The highest BCUT2D eigenvalue weighted by Crippen LogP contribution is 2.32. The van der Waals surface area contributed by atoms with E-state index >= 15 is 0 Å². The maximum absolute atomic E-state index is 11.7. The maximum Gasteiger partial charge on any atom is 0.310 e. The Labute approximate surface area is 181 Å². The lowest BCUT2D eigenvalue weighted by atomic mass is 10.1. The molecule has 1 unspecified atom stereocenters. The van der Waals surface area contributed by atoms with Gasteiger partial charge in [0.05, 0.1) is 24.0 Å². The fourth-order valence-corrected chi connectivity index (χ4v) is 4.03. The lowest BCUT2D eigenvalue weighted by molar-refractivity contribution is -0.142. The van der Waals surface area contributed by atoms with Gasteiger partial charge in [-0.15, -0.1) is 11.3 Å². The Morgan fingerprint density at radius 2 is 1.90 bits per heavy atom. The number of aliphatic hydroxyl groups is 1. The van der Waals surface area contributed by atoms with Crippen LogP contribution in [0.5, 0.6) is 0 Å². The molecule has 0 radical (unpaired) electrons. The highest BCUT2D eigenvalue weighted by Gasteiger charge is 2.15. The molecule has 0 saturated heterocycles. The molecule has 0 aliphatic heterocycles. The van der Waals surface area contributed by atoms with E-state index in [-0.39, 0.29) is 12.4 Å². The largest absolute Gasteiger partial charge is 0.466 e. The Morgan fingerprint density at radius 3 is 2.50 bits per heavy atom. The third-order valence-corrected chi connectivity index (χ3v) is 5.95. The summed E-state index contributed by atoms with van der Waals surface area (Å²) < 4.78 is 5.00. The van der Waals surface area contributed by atoms with Crippen LogP contribution in [-0.2, 0) is 22.4 Å². The number of aryl methyl sites for hydroxylation is 1. The minimum atomic E-state index is -0.509. The third-order valence-electron chi connectivity index (χ3n) is 4.70. The van der Waals surface area contributed by atoms with E-state index in [0.29, 0.717) is 12.4 Å². The summed E-state index contributed by atoms with van der Waals surface area (Å²) in [5.41, 5.74) is 3.77. The van der Waals surface area contributed by atoms with Gasteiger partial charge in [-0.3, -0.25) is 4.79 Å². The molecule has 7 heteroatoms. The first-order valence-corrected chi connectivity index (χ1v) is 10.9. The third kappa shape index (κ3) is 5.23. The number of carbonyl (C=O) groups excluding carboxylic acids is 1. The van der Waals surface area contributed by atoms with Crippen molar-refractivity contribution in [3.63, 3.8) is 0 Å². The van der Waals surface area contributed by atoms with Gasteiger partial charge in [-0.1, -0.05) is 19.1 Å². The molecule has 0 fully saturated rings. The number of anilines is 2. The molecule has 6 nitrogen and oxygen atoms in total. The van der Waals surface area contributed by atoms with Crippen molar-refractivity contribution >= 4 is 28.8 Å². The second kappa shape index (κ2) is 9.82. The van der Waals surface area contributed by atoms with E-state index in [1.807, 2.05) is 43.3 Å². The predicted molar refractivity (Wildman–Crippen MR) is 120 cm³/mol. The summed E-state index contributed by atoms with van der Waals surface area (Å²) in [6.45, 7) is 8.00. The highest BCUT2D eigenvalue weighted by atomic mass is 32.1. The molecule has 0 spiro atoms. The molecule has 2 aromatic heterocycles. The first kappa shape index (κ1) is 21.9. The summed E-state index contributed by atoms with van der Waals surface area (Å²) in [5, 5.41) is 13.2. The Balaban J connectivity index is 1.85. The van der Waals surface area contributed by atoms with Gasteiger partial charge < -0.3 is 15.2 Å². The standard InChI is InChI=1S/C23H27N3O3S/c1-5-18-14(3)24-23(20-12-11-19(30-20)15(4)27)26-22(18)25-17-9-7-16(8-10-17)13-21(28)29-6-2/h7-12,15,27H,5-6,13H2,1-4H3,(H,24,25,26). The van der Waals surface area contributed by atoms with Crippen molar-refractivity contribution < 1.29 is 14.6 Å². The fourth-order valence-electron chi connectivity index (χ4n) is 3.15. The summed E-state index contributed by atoms with van der Waals surface area (Å²) in [6.07, 6.45) is 0.555. The van der Waals surface area contributed by atoms with Gasteiger partial charge in [0.1, 0.15) is 5.82 Å². The van der Waals surface area contributed by atoms with Crippen molar-refractivity contribution in [2.75, 3.05) is 11.9 Å². The number of rotatable bonds is 8. The number of aromatic nitrogens is 2. The quantitative estimate of drug-likeness (QED) is 0.495. The van der Waals surface area contributed by atoms with Gasteiger partial charge in [-0.2, -0.15) is 0 Å². The van der Waals surface area contributed by atoms with Crippen molar-refractivity contribution in [2.45, 2.75) is 46.6 Å². The normalized spacial score (nSPS) is 11.9. The van der Waals surface area contributed by atoms with Crippen molar-refractivity contribution in [3.8, 4) is 10.7 Å². The number of hydrogen-bond acceptors (Lipinski definition) is 7. The lowest BCUT2D eigenvalue weighted by Gasteiger charge is -2.14. The van der Waals surface area contributed by atoms with Crippen LogP contribution < -0.4 is 5.32 Å². The summed E-state index contributed by atoms with van der Waals surface area (Å²) >= 11 is 1.50. The molecule has 3 aromatic rings. The minimum Gasteiger partial charge on any atom is -0.466 e. The van der Waals surface area contributed by atoms with Gasteiger partial charge in [-0.05, 0) is 57.0 Å². The van der Waals surface area contributed by atoms with E-state index in [9.17, 15) is 9.90 Å². The minimum absolute atomic E-state index is 0.227. The SMILES string of the molecule is CCOC(=O)Cc1ccc(Nc2nc(-c3ccc(C(C)O)s3)nc(C)c2CC)cc1. The summed E-state index contributed by atoms with van der Waals surface area (Å²) in [5.74, 6) is 1.18. The molecular formula is C23H27N3O3S. The van der Waals surface area contributed by atoms with Gasteiger partial charge in [-0.25, -0.2) is 9.97 Å². The monoisotopic (exact) mass is 425 g/mol. The zero-order chi connectivity index (χ0) is 21.7. The number of nitrogens with zero attached hydrogens (tertiary/aromatic N) is 2. The second-order valence-corrected chi connectivity index (χ2v) is 8.11. The van der Waals surface area contributed by atoms with E-state index < -0.39 is 6.10 Å². The van der Waals surface area contributed by atoms with Crippen LogP contribution in [0.25, 0.3) is 10.7 Å². The number of thiophene rings is 1. The van der Waals surface area contributed by atoms with E-state index in [1.54, 1.807) is 13.8 Å². The summed E-state index contributed by atoms with van der Waals surface area (Å²) in [4.78, 5) is 22.9. The summed E-state index contributed by atoms with van der Waals surface area (Å²) in [6, 6.07) is 11.5. The van der Waals surface area contributed by atoms with Crippen LogP contribution in [-0.4, -0.2) is 27.7 Å². The predicted octanol–water partition coefficient (Wildman–Crippen LogP) is 4.98. The van der Waals surface area contributed by atoms with Crippen molar-refractivity contribution in [3.05, 3.63) is 58.1 Å². The molecule has 0 saturated carbocycles. The Hall–Kier alpha value is -2.77. The van der Waals surface area contributed by atoms with Crippen LogP contribution in [0.2, 0.25) is 0 Å². The second-order valence-electron chi connectivity index (χ2n) is 7.00. The molecule has 0 amide bonds. The summed E-state index contributed by atoms with van der Waals surface area (Å²) in [7, 11) is 0. The number of aliphatic hydroxyl groups excluding tert-OH is 1. The molecule has 158 valence electrons. The Kier molecular flexibility index (Phi) is 7.18. The zero-order valence-electron chi connectivity index (χ0n) is 17.7. The molecular weight excluding hydrogens is 398 g/mol. The average molecular weight is 426 g/mol. The van der Waals surface area contributed by atoms with E-state index in [0.717, 1.165) is 44.5 Å². The van der Waals surface area contributed by atoms with Gasteiger partial charge >= 0.3 is 5.97 Å². The van der Waals surface area contributed by atoms with E-state index in [1.165, 1.54) is 11.3 Å². The van der Waals surface area contributed by atoms with Gasteiger partial charge in [0.15, 0.2) is 5.82 Å². The first-order valence-electron chi connectivity index (χ1n) is 10.1. The molecule has 1 aromatic carbocycles. The van der Waals surface area contributed by atoms with Crippen LogP contribution >= 0.6 is 11.3 Å². The number of benzene rings is 1. The van der Waals surface area contributed by atoms with Gasteiger partial charge in [0, 0.05) is 21.8 Å². The van der Waals surface area contributed by atoms with Gasteiger partial charge in [0.25, 0.3) is 0 Å². The fraction of sp³-hybridized carbons (Fsp3) is 0.348. The van der Waals surface area contributed by atoms with Crippen molar-refractivity contribution in [2.24, 2.45) is 0 Å². The van der Waals surface area contributed by atoms with Crippen LogP contribution in [0.3, 0.4) is 0 Å². The Morgan fingerprint density at radius 1 is 1.17 bits per heavy atom. The number of nitrogens with one attached hydrogen (secondary N) is 1. The van der Waals surface area contributed by atoms with Crippen LogP contribution in [0.4, 0.5) is 11.5 Å². The molecule has 2 heterocycles. The molecule has 30 heavy (non-hydrogen) atoms. The molecule has 0 aliphatic rings. The van der Waals surface area contributed by atoms with E-state index in [4.69, 9.17) is 9.72 Å². The van der Waals surface area contributed by atoms with Crippen molar-refractivity contribution in [1.29, 1.82) is 0 Å². The molecule has 0 bridgehead atoms. The smallest absolute Gasteiger partial charge is 0.310 e. The maximum atomic E-state index is 11.7. The number of hydrogen-bond donors (Lipinski definition) is 2. The molecule has 0 aliphatic carbocycles. The Bertz CT molecular complexity index is 1010. The van der Waals surface area contributed by atoms with Crippen LogP contribution in [0, 0.1) is 6.92 Å². The average Bonchev–Trinajstić information content (AvgIpc) is 3.20. The molecule has 1 atom stereocenters. The number of ether oxygens (including phenoxy) is 1. The lowest BCUT2D eigenvalue weighted by Crippen LogP contribution is -2.07. The van der Waals surface area contributed by atoms with Gasteiger partial charge in [0.2, 0.25) is 0 Å². The zero-order valence-corrected chi connectivity index (χ0v) is 18.5. The topological polar surface area (TPSA) is 84.3 Å². The van der Waals surface area contributed by atoms with E-state index in [2.05, 4.69) is 17.2 Å². The molecule has 3 rings (SSSR count). The molecule has 2 N–H and O–H groups in total. The van der Waals surface area contributed by atoms with Crippen molar-refractivity contribution in [1.82, 2.24) is 9.97 Å².